The minimum atomic E-state index is -0.787. The molecule has 3 amide bonds. The molecule has 0 saturated heterocycles. The fraction of sp³-hybridized carbons (Fsp3) is 0.267. The molecule has 1 N–H and O–H groups in total. The number of nitrogens with zero attached hydrogens (tertiary/aromatic N) is 1. The second-order valence-electron chi connectivity index (χ2n) is 4.66. The first-order valence-electron chi connectivity index (χ1n) is 6.42. The lowest BCUT2D eigenvalue weighted by molar-refractivity contribution is -0.137. The Hall–Kier alpha value is -2.63. The van der Waals surface area contributed by atoms with E-state index in [1.165, 1.54) is 14.0 Å². The summed E-state index contributed by atoms with van der Waals surface area (Å²) >= 11 is 0. The molecule has 0 spiro atoms. The molecule has 1 aliphatic rings. The Balaban J connectivity index is 2.64. The minimum Gasteiger partial charge on any atom is -0.466 e. The van der Waals surface area contributed by atoms with Crippen LogP contribution in [0.5, 0.6) is 0 Å². The molecular weight excluding hydrogens is 272 g/mol. The van der Waals surface area contributed by atoms with Gasteiger partial charge in [-0.15, -0.1) is 0 Å². The molecule has 0 fully saturated rings. The van der Waals surface area contributed by atoms with Crippen molar-refractivity contribution in [1.29, 1.82) is 0 Å². The molecule has 2 rings (SSSR count). The zero-order valence-electron chi connectivity index (χ0n) is 12.0. The van der Waals surface area contributed by atoms with Crippen LogP contribution in [0.2, 0.25) is 0 Å². The van der Waals surface area contributed by atoms with Gasteiger partial charge in [0.15, 0.2) is 0 Å². The Morgan fingerprint density at radius 2 is 1.86 bits per heavy atom. The highest BCUT2D eigenvalue weighted by molar-refractivity contribution is 6.01. The van der Waals surface area contributed by atoms with E-state index in [1.54, 1.807) is 31.2 Å². The number of rotatable bonds is 2. The van der Waals surface area contributed by atoms with Gasteiger partial charge in [-0.05, 0) is 12.5 Å². The van der Waals surface area contributed by atoms with Crippen molar-refractivity contribution in [3.8, 4) is 0 Å². The van der Waals surface area contributed by atoms with E-state index in [0.29, 0.717) is 11.3 Å². The van der Waals surface area contributed by atoms with E-state index in [1.807, 2.05) is 6.07 Å². The summed E-state index contributed by atoms with van der Waals surface area (Å²) in [7, 11) is 1.26. The van der Waals surface area contributed by atoms with Crippen molar-refractivity contribution < 1.29 is 19.1 Å². The Bertz CT molecular complexity index is 622. The standard InChI is InChI=1S/C15H16N2O4/c1-9-12(14(19)21-3)13(11-7-5-4-6-8-11)17(10(2)18)15(20)16-9/h4-8,13H,1-3H3,(H,16,20)/t13-/m0/s1. The highest BCUT2D eigenvalue weighted by Gasteiger charge is 2.40. The van der Waals surface area contributed by atoms with Crippen LogP contribution >= 0.6 is 0 Å². The topological polar surface area (TPSA) is 75.7 Å². The molecule has 0 saturated carbocycles. The number of urea groups is 1. The molecule has 0 radical (unpaired) electrons. The van der Waals surface area contributed by atoms with Crippen molar-refractivity contribution in [3.63, 3.8) is 0 Å². The van der Waals surface area contributed by atoms with Crippen LogP contribution in [0, 0.1) is 0 Å². The second-order valence-corrected chi connectivity index (χ2v) is 4.66. The van der Waals surface area contributed by atoms with Gasteiger partial charge in [0.25, 0.3) is 0 Å². The molecule has 0 unspecified atom stereocenters. The van der Waals surface area contributed by atoms with E-state index < -0.39 is 23.9 Å². The molecule has 6 nitrogen and oxygen atoms in total. The number of ether oxygens (including phenoxy) is 1. The van der Waals surface area contributed by atoms with Crippen LogP contribution in [0.15, 0.2) is 41.6 Å². The van der Waals surface area contributed by atoms with Gasteiger partial charge in [-0.25, -0.2) is 9.59 Å². The van der Waals surface area contributed by atoms with E-state index in [0.717, 1.165) is 4.90 Å². The highest BCUT2D eigenvalue weighted by atomic mass is 16.5. The number of benzene rings is 1. The average molecular weight is 288 g/mol. The van der Waals surface area contributed by atoms with Crippen molar-refractivity contribution in [1.82, 2.24) is 10.2 Å². The summed E-state index contributed by atoms with van der Waals surface area (Å²) in [4.78, 5) is 37.0. The van der Waals surface area contributed by atoms with Gasteiger partial charge in [0, 0.05) is 12.6 Å². The summed E-state index contributed by atoms with van der Waals surface area (Å²) in [6.45, 7) is 2.89. The van der Waals surface area contributed by atoms with Crippen LogP contribution in [0.1, 0.15) is 25.5 Å². The predicted molar refractivity (Wildman–Crippen MR) is 75.0 cm³/mol. The van der Waals surface area contributed by atoms with Crippen molar-refractivity contribution >= 4 is 17.9 Å². The lowest BCUT2D eigenvalue weighted by Gasteiger charge is -2.35. The lowest BCUT2D eigenvalue weighted by Crippen LogP contribution is -2.50. The molecular formula is C15H16N2O4. The number of methoxy groups -OCH3 is 1. The Morgan fingerprint density at radius 3 is 2.38 bits per heavy atom. The fourth-order valence-corrected chi connectivity index (χ4v) is 2.39. The van der Waals surface area contributed by atoms with Crippen LogP contribution in [0.25, 0.3) is 0 Å². The van der Waals surface area contributed by atoms with Gasteiger partial charge < -0.3 is 10.1 Å². The molecule has 1 aromatic rings. The maximum atomic E-state index is 12.1. The number of nitrogens with one attached hydrogen (secondary N) is 1. The summed E-state index contributed by atoms with van der Waals surface area (Å²) < 4.78 is 4.79. The van der Waals surface area contributed by atoms with E-state index in [2.05, 4.69) is 5.32 Å². The zero-order valence-corrected chi connectivity index (χ0v) is 12.0. The minimum absolute atomic E-state index is 0.249. The number of hydrogen-bond donors (Lipinski definition) is 1. The van der Waals surface area contributed by atoms with Gasteiger partial charge in [-0.2, -0.15) is 0 Å². The molecule has 6 heteroatoms. The number of imide groups is 1. The third-order valence-corrected chi connectivity index (χ3v) is 3.31. The van der Waals surface area contributed by atoms with Crippen molar-refractivity contribution in [3.05, 3.63) is 47.2 Å². The number of carbonyl (C=O) groups is 3. The molecule has 1 heterocycles. The smallest absolute Gasteiger partial charge is 0.337 e. The van der Waals surface area contributed by atoms with Crippen molar-refractivity contribution in [2.75, 3.05) is 7.11 Å². The molecule has 1 atom stereocenters. The predicted octanol–water partition coefficient (Wildman–Crippen LogP) is 1.75. The second kappa shape index (κ2) is 5.78. The third-order valence-electron chi connectivity index (χ3n) is 3.31. The van der Waals surface area contributed by atoms with E-state index in [9.17, 15) is 14.4 Å². The molecule has 0 bridgehead atoms. The molecule has 0 aliphatic carbocycles. The van der Waals surface area contributed by atoms with Gasteiger partial charge in [0.05, 0.1) is 12.7 Å². The summed E-state index contributed by atoms with van der Waals surface area (Å²) in [5, 5.41) is 2.52. The molecule has 1 aromatic carbocycles. The maximum Gasteiger partial charge on any atom is 0.337 e. The summed E-state index contributed by atoms with van der Waals surface area (Å²) in [6.07, 6.45) is 0. The number of esters is 1. The Morgan fingerprint density at radius 1 is 1.24 bits per heavy atom. The highest BCUT2D eigenvalue weighted by Crippen LogP contribution is 2.34. The van der Waals surface area contributed by atoms with E-state index in [4.69, 9.17) is 4.74 Å². The molecule has 21 heavy (non-hydrogen) atoms. The third kappa shape index (κ3) is 2.65. The van der Waals surface area contributed by atoms with Crippen LogP contribution in [0.3, 0.4) is 0 Å². The van der Waals surface area contributed by atoms with Crippen LogP contribution in [-0.2, 0) is 14.3 Å². The van der Waals surface area contributed by atoms with Crippen molar-refractivity contribution in [2.45, 2.75) is 19.9 Å². The van der Waals surface area contributed by atoms with Crippen LogP contribution in [-0.4, -0.2) is 29.9 Å². The van der Waals surface area contributed by atoms with Crippen LogP contribution in [0.4, 0.5) is 4.79 Å². The first-order chi connectivity index (χ1) is 9.97. The van der Waals surface area contributed by atoms with Gasteiger partial charge in [0.2, 0.25) is 5.91 Å². The molecule has 1 aliphatic heterocycles. The molecule has 0 aromatic heterocycles. The average Bonchev–Trinajstić information content (AvgIpc) is 2.46. The monoisotopic (exact) mass is 288 g/mol. The van der Waals surface area contributed by atoms with Gasteiger partial charge in [-0.1, -0.05) is 30.3 Å². The number of allylic oxidation sites excluding steroid dienone is 1. The van der Waals surface area contributed by atoms with E-state index in [-0.39, 0.29) is 5.57 Å². The van der Waals surface area contributed by atoms with Crippen molar-refractivity contribution in [2.24, 2.45) is 0 Å². The molecule has 110 valence electrons. The maximum absolute atomic E-state index is 12.1. The number of hydrogen-bond acceptors (Lipinski definition) is 4. The number of amides is 3. The number of carbonyl (C=O) groups excluding carboxylic acids is 3. The van der Waals surface area contributed by atoms with Crippen LogP contribution < -0.4 is 5.32 Å². The summed E-state index contributed by atoms with van der Waals surface area (Å²) in [6, 6.07) is 7.56. The SMILES string of the molecule is COC(=O)C1=C(C)NC(=O)N(C(C)=O)[C@H]1c1ccccc1. The lowest BCUT2D eigenvalue weighted by atomic mass is 9.94. The zero-order chi connectivity index (χ0) is 15.6. The Labute approximate surface area is 122 Å². The van der Waals surface area contributed by atoms with E-state index >= 15 is 0 Å². The summed E-state index contributed by atoms with van der Waals surface area (Å²) in [5.41, 5.74) is 1.30. The quantitative estimate of drug-likeness (QED) is 0.841. The first kappa shape index (κ1) is 14.8. The first-order valence-corrected chi connectivity index (χ1v) is 6.42. The summed E-state index contributed by atoms with van der Waals surface area (Å²) in [5.74, 6) is -1.03. The van der Waals surface area contributed by atoms with Gasteiger partial charge >= 0.3 is 12.0 Å². The van der Waals surface area contributed by atoms with Gasteiger partial charge in [-0.3, -0.25) is 9.69 Å². The largest absolute Gasteiger partial charge is 0.466 e. The van der Waals surface area contributed by atoms with Gasteiger partial charge in [0.1, 0.15) is 6.04 Å². The Kier molecular flexibility index (Phi) is 4.07. The normalized spacial score (nSPS) is 18.3. The fourth-order valence-electron chi connectivity index (χ4n) is 2.39.